The molecule has 2 rings (SSSR count). The number of nitrogens with one attached hydrogen (secondary N) is 2. The van der Waals surface area contributed by atoms with E-state index in [0.29, 0.717) is 22.7 Å². The molecule has 0 aliphatic carbocycles. The summed E-state index contributed by atoms with van der Waals surface area (Å²) in [6.07, 6.45) is 1.05. The van der Waals surface area contributed by atoms with Crippen LogP contribution in [-0.2, 0) is 20.0 Å². The Labute approximate surface area is 153 Å². The van der Waals surface area contributed by atoms with Crippen LogP contribution in [0.25, 0.3) is 0 Å². The standard InChI is InChI=1S/C16H19N3O5S2/c1-12(13-5-4-6-14(11-13)18-25(3,20)21)17-19-26(22,23)16-9-7-15(24-2)8-10-16/h4-11,18-19H,1-3H3/b17-12-. The highest BCUT2D eigenvalue weighted by Gasteiger charge is 2.13. The number of benzene rings is 2. The van der Waals surface area contributed by atoms with Crippen LogP contribution < -0.4 is 14.3 Å². The zero-order valence-electron chi connectivity index (χ0n) is 14.4. The summed E-state index contributed by atoms with van der Waals surface area (Å²) in [7, 11) is -5.75. The van der Waals surface area contributed by atoms with Gasteiger partial charge in [-0.15, -0.1) is 0 Å². The summed E-state index contributed by atoms with van der Waals surface area (Å²) in [5.41, 5.74) is 1.30. The minimum absolute atomic E-state index is 0.0438. The molecule has 140 valence electrons. The Bertz CT molecular complexity index is 1010. The molecule has 0 saturated heterocycles. The summed E-state index contributed by atoms with van der Waals surface area (Å²) < 4.78 is 54.5. The van der Waals surface area contributed by atoms with E-state index >= 15 is 0 Å². The molecule has 0 heterocycles. The molecule has 0 atom stereocenters. The van der Waals surface area contributed by atoms with Gasteiger partial charge in [0.2, 0.25) is 10.0 Å². The Balaban J connectivity index is 2.20. The van der Waals surface area contributed by atoms with Gasteiger partial charge < -0.3 is 4.74 Å². The molecule has 0 spiro atoms. The smallest absolute Gasteiger partial charge is 0.276 e. The number of hydrazone groups is 1. The van der Waals surface area contributed by atoms with Crippen LogP contribution >= 0.6 is 0 Å². The van der Waals surface area contributed by atoms with Crippen molar-refractivity contribution >= 4 is 31.4 Å². The lowest BCUT2D eigenvalue weighted by Crippen LogP contribution is -2.20. The highest BCUT2D eigenvalue weighted by molar-refractivity contribution is 7.92. The zero-order valence-corrected chi connectivity index (χ0v) is 16.1. The fourth-order valence-corrected chi connectivity index (χ4v) is 3.43. The van der Waals surface area contributed by atoms with Crippen molar-refractivity contribution in [2.24, 2.45) is 5.10 Å². The largest absolute Gasteiger partial charge is 0.497 e. The van der Waals surface area contributed by atoms with Crippen molar-refractivity contribution in [2.75, 3.05) is 18.1 Å². The lowest BCUT2D eigenvalue weighted by atomic mass is 10.1. The Kier molecular flexibility index (Phi) is 5.88. The number of anilines is 1. The zero-order chi connectivity index (χ0) is 19.4. The lowest BCUT2D eigenvalue weighted by Gasteiger charge is -2.08. The van der Waals surface area contributed by atoms with Gasteiger partial charge in [0.25, 0.3) is 10.0 Å². The van der Waals surface area contributed by atoms with Gasteiger partial charge in [0.15, 0.2) is 0 Å². The molecule has 26 heavy (non-hydrogen) atoms. The molecule has 10 heteroatoms. The Hall–Kier alpha value is -2.59. The molecule has 0 aromatic heterocycles. The van der Waals surface area contributed by atoms with Crippen molar-refractivity contribution in [1.82, 2.24) is 4.83 Å². The molecule has 0 saturated carbocycles. The van der Waals surface area contributed by atoms with E-state index in [4.69, 9.17) is 4.74 Å². The van der Waals surface area contributed by atoms with E-state index in [0.717, 1.165) is 6.26 Å². The molecular weight excluding hydrogens is 378 g/mol. The van der Waals surface area contributed by atoms with Crippen molar-refractivity contribution < 1.29 is 21.6 Å². The van der Waals surface area contributed by atoms with Gasteiger partial charge in [-0.05, 0) is 48.9 Å². The van der Waals surface area contributed by atoms with Gasteiger partial charge in [-0.25, -0.2) is 8.42 Å². The maximum Gasteiger partial charge on any atom is 0.276 e. The molecule has 0 radical (unpaired) electrons. The molecular formula is C16H19N3O5S2. The van der Waals surface area contributed by atoms with E-state index < -0.39 is 20.0 Å². The predicted molar refractivity (Wildman–Crippen MR) is 100 cm³/mol. The van der Waals surface area contributed by atoms with Crippen LogP contribution in [0.1, 0.15) is 12.5 Å². The Morgan fingerprint density at radius 2 is 1.69 bits per heavy atom. The molecule has 0 aliphatic rings. The summed E-state index contributed by atoms with van der Waals surface area (Å²) in [6, 6.07) is 12.3. The third-order valence-electron chi connectivity index (χ3n) is 3.29. The second-order valence-electron chi connectivity index (χ2n) is 5.42. The summed E-state index contributed by atoms with van der Waals surface area (Å²) in [4.78, 5) is 2.20. The first kappa shape index (κ1) is 19.7. The fraction of sp³-hybridized carbons (Fsp3) is 0.188. The highest BCUT2D eigenvalue weighted by atomic mass is 32.2. The number of hydrogen-bond donors (Lipinski definition) is 2. The number of hydrogen-bond acceptors (Lipinski definition) is 6. The van der Waals surface area contributed by atoms with Crippen molar-refractivity contribution in [3.8, 4) is 5.75 Å². The average molecular weight is 397 g/mol. The Morgan fingerprint density at radius 1 is 1.04 bits per heavy atom. The van der Waals surface area contributed by atoms with E-state index in [9.17, 15) is 16.8 Å². The van der Waals surface area contributed by atoms with Gasteiger partial charge >= 0.3 is 0 Å². The van der Waals surface area contributed by atoms with Gasteiger partial charge in [-0.1, -0.05) is 12.1 Å². The first-order chi connectivity index (χ1) is 12.1. The maximum absolute atomic E-state index is 12.3. The van der Waals surface area contributed by atoms with Crippen molar-refractivity contribution in [1.29, 1.82) is 0 Å². The van der Waals surface area contributed by atoms with Crippen molar-refractivity contribution in [3.63, 3.8) is 0 Å². The highest BCUT2D eigenvalue weighted by Crippen LogP contribution is 2.16. The monoisotopic (exact) mass is 397 g/mol. The van der Waals surface area contributed by atoms with Gasteiger partial charge in [0, 0.05) is 5.69 Å². The van der Waals surface area contributed by atoms with E-state index in [2.05, 4.69) is 14.7 Å². The quantitative estimate of drug-likeness (QED) is 0.546. The first-order valence-corrected chi connectivity index (χ1v) is 10.8. The van der Waals surface area contributed by atoms with Crippen molar-refractivity contribution in [2.45, 2.75) is 11.8 Å². The fourth-order valence-electron chi connectivity index (χ4n) is 2.02. The average Bonchev–Trinajstić information content (AvgIpc) is 2.58. The molecule has 2 aromatic carbocycles. The number of sulfonamides is 2. The topological polar surface area (TPSA) is 114 Å². The van der Waals surface area contributed by atoms with Crippen molar-refractivity contribution in [3.05, 3.63) is 54.1 Å². The predicted octanol–water partition coefficient (Wildman–Crippen LogP) is 1.77. The van der Waals surface area contributed by atoms with Gasteiger partial charge in [-0.3, -0.25) is 4.72 Å². The SMILES string of the molecule is COc1ccc(S(=O)(=O)N/N=C(/C)c2cccc(NS(C)(=O)=O)c2)cc1. The van der Waals surface area contributed by atoms with Crippen LogP contribution in [0.4, 0.5) is 5.69 Å². The number of nitrogens with zero attached hydrogens (tertiary/aromatic N) is 1. The molecule has 2 N–H and O–H groups in total. The molecule has 0 aliphatic heterocycles. The normalized spacial score (nSPS) is 12.5. The van der Waals surface area contributed by atoms with E-state index in [1.165, 1.54) is 31.4 Å². The third kappa shape index (κ3) is 5.46. The van der Waals surface area contributed by atoms with Gasteiger partial charge in [0.05, 0.1) is 24.0 Å². The van der Waals surface area contributed by atoms with Crippen LogP contribution in [0.2, 0.25) is 0 Å². The van der Waals surface area contributed by atoms with E-state index in [1.54, 1.807) is 31.2 Å². The molecule has 0 unspecified atom stereocenters. The van der Waals surface area contributed by atoms with Gasteiger partial charge in [-0.2, -0.15) is 18.4 Å². The lowest BCUT2D eigenvalue weighted by molar-refractivity contribution is 0.414. The van der Waals surface area contributed by atoms with E-state index in [-0.39, 0.29) is 4.90 Å². The molecule has 8 nitrogen and oxygen atoms in total. The Morgan fingerprint density at radius 3 is 2.27 bits per heavy atom. The van der Waals surface area contributed by atoms with Crippen LogP contribution in [0.15, 0.2) is 58.5 Å². The summed E-state index contributed by atoms with van der Waals surface area (Å²) in [5.74, 6) is 0.541. The summed E-state index contributed by atoms with van der Waals surface area (Å²) in [6.45, 7) is 1.61. The first-order valence-electron chi connectivity index (χ1n) is 7.39. The number of rotatable bonds is 7. The second-order valence-corrected chi connectivity index (χ2v) is 8.83. The molecule has 0 fully saturated rings. The molecule has 2 aromatic rings. The third-order valence-corrected chi connectivity index (χ3v) is 5.12. The van der Waals surface area contributed by atoms with E-state index in [1.807, 2.05) is 0 Å². The second kappa shape index (κ2) is 7.75. The summed E-state index contributed by atoms with van der Waals surface area (Å²) >= 11 is 0. The van der Waals surface area contributed by atoms with Gasteiger partial charge in [0.1, 0.15) is 5.75 Å². The van der Waals surface area contributed by atoms with Crippen LogP contribution in [0, 0.1) is 0 Å². The number of methoxy groups -OCH3 is 1. The van der Waals surface area contributed by atoms with Crippen LogP contribution in [0.3, 0.4) is 0 Å². The minimum atomic E-state index is -3.83. The molecule has 0 amide bonds. The summed E-state index contributed by atoms with van der Waals surface area (Å²) in [5, 5.41) is 3.89. The molecule has 0 bridgehead atoms. The van der Waals surface area contributed by atoms with Crippen LogP contribution in [-0.4, -0.2) is 35.9 Å². The van der Waals surface area contributed by atoms with Crippen LogP contribution in [0.5, 0.6) is 5.75 Å². The maximum atomic E-state index is 12.3. The minimum Gasteiger partial charge on any atom is -0.497 e. The number of ether oxygens (including phenoxy) is 1.